The summed E-state index contributed by atoms with van der Waals surface area (Å²) in [5.41, 5.74) is 0. The fraction of sp³-hybridized carbons (Fsp3) is 0.500. The standard InChI is InChI=1S/C14H20N2O3S/c1-15-8-10-16(11-9-15)14(17)7-12-20(18,19)13-5-3-2-4-6-13/h2-6H,7-12H2,1H3. The Labute approximate surface area is 120 Å². The summed E-state index contributed by atoms with van der Waals surface area (Å²) in [4.78, 5) is 16.2. The number of benzene rings is 1. The van der Waals surface area contributed by atoms with Crippen LogP contribution in [0.1, 0.15) is 6.42 Å². The van der Waals surface area contributed by atoms with Crippen molar-refractivity contribution in [3.05, 3.63) is 30.3 Å². The van der Waals surface area contributed by atoms with Crippen molar-refractivity contribution >= 4 is 15.7 Å². The van der Waals surface area contributed by atoms with Gasteiger partial charge in [0.1, 0.15) is 0 Å². The van der Waals surface area contributed by atoms with Gasteiger partial charge in [0, 0.05) is 32.6 Å². The van der Waals surface area contributed by atoms with Crippen molar-refractivity contribution in [1.29, 1.82) is 0 Å². The van der Waals surface area contributed by atoms with Gasteiger partial charge in [0.25, 0.3) is 0 Å². The maximum atomic E-state index is 12.1. The fourth-order valence-corrected chi connectivity index (χ4v) is 3.43. The van der Waals surface area contributed by atoms with E-state index in [1.165, 1.54) is 0 Å². The van der Waals surface area contributed by atoms with Crippen LogP contribution >= 0.6 is 0 Å². The second-order valence-electron chi connectivity index (χ2n) is 5.07. The molecule has 1 amide bonds. The number of hydrogen-bond donors (Lipinski definition) is 0. The van der Waals surface area contributed by atoms with Crippen LogP contribution in [0.15, 0.2) is 35.2 Å². The molecule has 0 N–H and O–H groups in total. The lowest BCUT2D eigenvalue weighted by Gasteiger charge is -2.32. The molecule has 0 aromatic heterocycles. The summed E-state index contributed by atoms with van der Waals surface area (Å²) in [6.07, 6.45) is 0.0565. The fourth-order valence-electron chi connectivity index (χ4n) is 2.18. The van der Waals surface area contributed by atoms with Gasteiger partial charge < -0.3 is 9.80 Å². The summed E-state index contributed by atoms with van der Waals surface area (Å²) in [7, 11) is -1.35. The van der Waals surface area contributed by atoms with E-state index in [0.717, 1.165) is 13.1 Å². The van der Waals surface area contributed by atoms with Crippen LogP contribution in [0.25, 0.3) is 0 Å². The first-order valence-electron chi connectivity index (χ1n) is 6.73. The molecule has 1 aliphatic rings. The third-order valence-electron chi connectivity index (χ3n) is 3.54. The predicted molar refractivity (Wildman–Crippen MR) is 77.2 cm³/mol. The smallest absolute Gasteiger partial charge is 0.223 e. The Morgan fingerprint density at radius 3 is 2.30 bits per heavy atom. The predicted octanol–water partition coefficient (Wildman–Crippen LogP) is 0.624. The van der Waals surface area contributed by atoms with E-state index in [1.807, 2.05) is 7.05 Å². The van der Waals surface area contributed by atoms with Crippen molar-refractivity contribution in [2.24, 2.45) is 0 Å². The molecule has 1 aromatic carbocycles. The first-order chi connectivity index (χ1) is 9.49. The highest BCUT2D eigenvalue weighted by atomic mass is 32.2. The van der Waals surface area contributed by atoms with Gasteiger partial charge in [-0.1, -0.05) is 18.2 Å². The van der Waals surface area contributed by atoms with E-state index in [2.05, 4.69) is 4.90 Å². The molecule has 0 saturated carbocycles. The second kappa shape index (κ2) is 6.37. The third-order valence-corrected chi connectivity index (χ3v) is 5.27. The number of piperazine rings is 1. The van der Waals surface area contributed by atoms with Gasteiger partial charge in [-0.15, -0.1) is 0 Å². The highest BCUT2D eigenvalue weighted by Gasteiger charge is 2.22. The number of carbonyl (C=O) groups is 1. The Hall–Kier alpha value is -1.40. The van der Waals surface area contributed by atoms with E-state index in [1.54, 1.807) is 35.2 Å². The van der Waals surface area contributed by atoms with Crippen LogP contribution in [0.3, 0.4) is 0 Å². The number of nitrogens with zero attached hydrogens (tertiary/aromatic N) is 2. The minimum atomic E-state index is -3.36. The number of rotatable bonds is 4. The van der Waals surface area contributed by atoms with Gasteiger partial charge in [-0.25, -0.2) is 8.42 Å². The molecule has 0 unspecified atom stereocenters. The monoisotopic (exact) mass is 296 g/mol. The summed E-state index contributed by atoms with van der Waals surface area (Å²) in [6.45, 7) is 3.05. The van der Waals surface area contributed by atoms with E-state index in [9.17, 15) is 13.2 Å². The molecular weight excluding hydrogens is 276 g/mol. The van der Waals surface area contributed by atoms with Crippen LogP contribution in [-0.4, -0.2) is 63.1 Å². The molecule has 0 aliphatic carbocycles. The molecule has 2 rings (SSSR count). The van der Waals surface area contributed by atoms with E-state index >= 15 is 0 Å². The normalized spacial score (nSPS) is 17.1. The zero-order chi connectivity index (χ0) is 14.6. The molecule has 1 fully saturated rings. The summed E-state index contributed by atoms with van der Waals surface area (Å²) in [6, 6.07) is 8.28. The number of hydrogen-bond acceptors (Lipinski definition) is 4. The Morgan fingerprint density at radius 1 is 1.10 bits per heavy atom. The maximum absolute atomic E-state index is 12.1. The summed E-state index contributed by atoms with van der Waals surface area (Å²) < 4.78 is 24.2. The van der Waals surface area contributed by atoms with E-state index in [0.29, 0.717) is 13.1 Å². The van der Waals surface area contributed by atoms with Crippen LogP contribution in [0.2, 0.25) is 0 Å². The molecule has 0 spiro atoms. The molecule has 1 heterocycles. The Morgan fingerprint density at radius 2 is 1.70 bits per heavy atom. The lowest BCUT2D eigenvalue weighted by Crippen LogP contribution is -2.47. The Bertz CT molecular complexity index is 549. The molecule has 5 nitrogen and oxygen atoms in total. The number of carbonyl (C=O) groups excluding carboxylic acids is 1. The van der Waals surface area contributed by atoms with Gasteiger partial charge in [0.05, 0.1) is 10.6 Å². The lowest BCUT2D eigenvalue weighted by molar-refractivity contribution is -0.132. The first kappa shape index (κ1) is 15.0. The molecule has 0 bridgehead atoms. The number of amides is 1. The van der Waals surface area contributed by atoms with E-state index in [4.69, 9.17) is 0 Å². The average Bonchev–Trinajstić information content (AvgIpc) is 2.46. The van der Waals surface area contributed by atoms with E-state index in [-0.39, 0.29) is 23.0 Å². The van der Waals surface area contributed by atoms with Crippen molar-refractivity contribution in [1.82, 2.24) is 9.80 Å². The van der Waals surface area contributed by atoms with Crippen molar-refractivity contribution < 1.29 is 13.2 Å². The average molecular weight is 296 g/mol. The van der Waals surface area contributed by atoms with Crippen molar-refractivity contribution in [3.63, 3.8) is 0 Å². The Kier molecular flexibility index (Phi) is 4.77. The Balaban J connectivity index is 1.90. The molecule has 20 heavy (non-hydrogen) atoms. The molecule has 1 aliphatic heterocycles. The van der Waals surface area contributed by atoms with E-state index < -0.39 is 9.84 Å². The second-order valence-corrected chi connectivity index (χ2v) is 7.18. The quantitative estimate of drug-likeness (QED) is 0.817. The van der Waals surface area contributed by atoms with Crippen molar-refractivity contribution in [2.75, 3.05) is 39.0 Å². The third kappa shape index (κ3) is 3.80. The minimum Gasteiger partial charge on any atom is -0.340 e. The van der Waals surface area contributed by atoms with Crippen LogP contribution < -0.4 is 0 Å². The first-order valence-corrected chi connectivity index (χ1v) is 8.38. The molecule has 0 atom stereocenters. The van der Waals surface area contributed by atoms with Gasteiger partial charge in [-0.2, -0.15) is 0 Å². The molecule has 1 aromatic rings. The van der Waals surface area contributed by atoms with Crippen LogP contribution in [0.4, 0.5) is 0 Å². The molecule has 110 valence electrons. The van der Waals surface area contributed by atoms with Crippen molar-refractivity contribution in [2.45, 2.75) is 11.3 Å². The van der Waals surface area contributed by atoms with Gasteiger partial charge in [-0.05, 0) is 19.2 Å². The van der Waals surface area contributed by atoms with Crippen LogP contribution in [0, 0.1) is 0 Å². The number of sulfone groups is 1. The maximum Gasteiger partial charge on any atom is 0.223 e. The van der Waals surface area contributed by atoms with Gasteiger partial charge in [-0.3, -0.25) is 4.79 Å². The lowest BCUT2D eigenvalue weighted by atomic mass is 10.3. The topological polar surface area (TPSA) is 57.7 Å². The molecule has 1 saturated heterocycles. The van der Waals surface area contributed by atoms with Crippen LogP contribution in [-0.2, 0) is 14.6 Å². The van der Waals surface area contributed by atoms with Crippen LogP contribution in [0.5, 0.6) is 0 Å². The molecule has 6 heteroatoms. The molecular formula is C14H20N2O3S. The zero-order valence-corrected chi connectivity index (χ0v) is 12.5. The highest BCUT2D eigenvalue weighted by molar-refractivity contribution is 7.91. The van der Waals surface area contributed by atoms with Gasteiger partial charge >= 0.3 is 0 Å². The highest BCUT2D eigenvalue weighted by Crippen LogP contribution is 2.12. The SMILES string of the molecule is CN1CCN(C(=O)CCS(=O)(=O)c2ccccc2)CC1. The number of likely N-dealkylation sites (N-methyl/N-ethyl adjacent to an activating group) is 1. The summed E-state index contributed by atoms with van der Waals surface area (Å²) in [5.74, 6) is -0.194. The minimum absolute atomic E-state index is 0.0565. The zero-order valence-electron chi connectivity index (χ0n) is 11.7. The van der Waals surface area contributed by atoms with Gasteiger partial charge in [0.15, 0.2) is 9.84 Å². The largest absolute Gasteiger partial charge is 0.340 e. The molecule has 0 radical (unpaired) electrons. The summed E-state index contributed by atoms with van der Waals surface area (Å²) in [5, 5.41) is 0. The van der Waals surface area contributed by atoms with Crippen molar-refractivity contribution in [3.8, 4) is 0 Å². The summed E-state index contributed by atoms with van der Waals surface area (Å²) >= 11 is 0. The van der Waals surface area contributed by atoms with Gasteiger partial charge in [0.2, 0.25) is 5.91 Å².